The molecule has 0 saturated heterocycles. The highest BCUT2D eigenvalue weighted by Crippen LogP contribution is 2.34. The van der Waals surface area contributed by atoms with Gasteiger partial charge in [0.2, 0.25) is 0 Å². The van der Waals surface area contributed by atoms with Crippen molar-refractivity contribution in [3.05, 3.63) is 47.5 Å². The first-order valence-electron chi connectivity index (χ1n) is 8.95. The van der Waals surface area contributed by atoms with Crippen molar-refractivity contribution >= 4 is 19.7 Å². The van der Waals surface area contributed by atoms with Crippen molar-refractivity contribution in [2.45, 2.75) is 41.5 Å². The largest absolute Gasteiger partial charge is 0.496 e. The lowest BCUT2D eigenvalue weighted by Crippen LogP contribution is -2.21. The maximum Gasteiger partial charge on any atom is 0.466 e. The van der Waals surface area contributed by atoms with Crippen LogP contribution in [0.4, 0.5) is 0 Å². The number of rotatable bonds is 6. The molecule has 0 spiro atoms. The molecule has 0 radical (unpaired) electrons. The molecule has 6 nitrogen and oxygen atoms in total. The van der Waals surface area contributed by atoms with E-state index in [1.807, 2.05) is 18.2 Å². The van der Waals surface area contributed by atoms with Crippen molar-refractivity contribution in [3.63, 3.8) is 0 Å². The topological polar surface area (TPSA) is 96.2 Å². The summed E-state index contributed by atoms with van der Waals surface area (Å²) < 4.78 is 20.6. The third-order valence-corrected chi connectivity index (χ3v) is 3.55. The number of methoxy groups -OCH3 is 1. The Labute approximate surface area is 169 Å². The highest BCUT2D eigenvalue weighted by atomic mass is 31.2. The van der Waals surface area contributed by atoms with Crippen molar-refractivity contribution in [2.75, 3.05) is 20.3 Å². The Hall–Kier alpha value is -1.43. The van der Waals surface area contributed by atoms with Crippen molar-refractivity contribution in [1.82, 2.24) is 0 Å². The summed E-state index contributed by atoms with van der Waals surface area (Å²) in [5.74, 6) is 0.898. The van der Waals surface area contributed by atoms with Gasteiger partial charge in [-0.15, -0.1) is 0 Å². The zero-order valence-electron chi connectivity index (χ0n) is 18.0. The Kier molecular flexibility index (Phi) is 10.4. The van der Waals surface area contributed by atoms with Crippen molar-refractivity contribution in [1.29, 1.82) is 0 Å². The van der Waals surface area contributed by atoms with Gasteiger partial charge in [-0.25, -0.2) is 4.57 Å². The molecule has 7 heteroatoms. The summed E-state index contributed by atoms with van der Waals surface area (Å²) in [5, 5.41) is 0. The second-order valence-corrected chi connectivity index (χ2v) is 9.68. The van der Waals surface area contributed by atoms with Crippen LogP contribution in [0.15, 0.2) is 36.4 Å². The number of phosphoric acid groups is 1. The van der Waals surface area contributed by atoms with Crippen LogP contribution in [0, 0.1) is 10.8 Å². The van der Waals surface area contributed by atoms with Gasteiger partial charge in [0.05, 0.1) is 20.3 Å². The average molecular weight is 414 g/mol. The van der Waals surface area contributed by atoms with Gasteiger partial charge in [0.25, 0.3) is 0 Å². The predicted molar refractivity (Wildman–Crippen MR) is 114 cm³/mol. The molecule has 0 aromatic heterocycles. The second kappa shape index (κ2) is 10.9. The van der Waals surface area contributed by atoms with Crippen LogP contribution in [0.25, 0.3) is 11.8 Å². The van der Waals surface area contributed by atoms with Crippen LogP contribution in [0.5, 0.6) is 0 Å². The van der Waals surface area contributed by atoms with Gasteiger partial charge in [0.1, 0.15) is 5.76 Å². The number of benzene rings is 1. The molecule has 0 bridgehead atoms. The van der Waals surface area contributed by atoms with Crippen molar-refractivity contribution in [2.24, 2.45) is 10.8 Å². The van der Waals surface area contributed by atoms with Gasteiger partial charge in [-0.05, 0) is 22.5 Å². The van der Waals surface area contributed by atoms with E-state index in [1.54, 1.807) is 7.11 Å². The summed E-state index contributed by atoms with van der Waals surface area (Å²) in [4.78, 5) is 21.6. The Morgan fingerprint density at radius 2 is 1.68 bits per heavy atom. The van der Waals surface area contributed by atoms with Crippen LogP contribution in [-0.4, -0.2) is 35.0 Å². The summed E-state index contributed by atoms with van der Waals surface area (Å²) in [6.45, 7) is 18.3. The molecule has 1 aromatic carbocycles. The molecular formula is C21H35O6P. The number of ether oxygens (including phenoxy) is 2. The fraction of sp³-hybridized carbons (Fsp3) is 0.524. The highest BCUT2D eigenvalue weighted by Gasteiger charge is 2.24. The first-order valence-corrected chi connectivity index (χ1v) is 10.5. The number of hydrogen-bond acceptors (Lipinski definition) is 3. The lowest BCUT2D eigenvalue weighted by atomic mass is 9.84. The Bertz CT molecular complexity index is 696. The average Bonchev–Trinajstić information content (AvgIpc) is 2.50. The van der Waals surface area contributed by atoms with Gasteiger partial charge >= 0.3 is 7.82 Å². The zero-order valence-corrected chi connectivity index (χ0v) is 18.9. The zero-order chi connectivity index (χ0) is 22.2. The van der Waals surface area contributed by atoms with Gasteiger partial charge < -0.3 is 24.2 Å². The molecule has 28 heavy (non-hydrogen) atoms. The molecule has 0 heterocycles. The van der Waals surface area contributed by atoms with E-state index in [0.717, 1.165) is 23.5 Å². The van der Waals surface area contributed by atoms with Gasteiger partial charge in [-0.2, -0.15) is 0 Å². The maximum atomic E-state index is 8.88. The van der Waals surface area contributed by atoms with Crippen LogP contribution >= 0.6 is 7.82 Å². The summed E-state index contributed by atoms with van der Waals surface area (Å²) in [6, 6.07) is 8.24. The molecule has 0 atom stereocenters. The minimum Gasteiger partial charge on any atom is -0.496 e. The normalized spacial score (nSPS) is 13.2. The third kappa shape index (κ3) is 12.1. The molecule has 0 fully saturated rings. The van der Waals surface area contributed by atoms with E-state index in [4.69, 9.17) is 28.7 Å². The minimum atomic E-state index is -4.64. The van der Waals surface area contributed by atoms with Gasteiger partial charge in [-0.1, -0.05) is 72.4 Å². The molecular weight excluding hydrogens is 379 g/mol. The lowest BCUT2D eigenvalue weighted by Gasteiger charge is -2.28. The molecule has 0 saturated carbocycles. The summed E-state index contributed by atoms with van der Waals surface area (Å²) in [5.41, 5.74) is 3.44. The van der Waals surface area contributed by atoms with E-state index in [9.17, 15) is 0 Å². The quantitative estimate of drug-likeness (QED) is 0.454. The molecule has 1 rings (SSSR count). The lowest BCUT2D eigenvalue weighted by molar-refractivity contribution is 0.0787. The molecule has 0 unspecified atom stereocenters. The maximum absolute atomic E-state index is 8.88. The molecule has 3 N–H and O–H groups in total. The monoisotopic (exact) mass is 414 g/mol. The molecule has 0 aliphatic carbocycles. The third-order valence-electron chi connectivity index (χ3n) is 3.55. The van der Waals surface area contributed by atoms with Gasteiger partial charge in [0, 0.05) is 11.1 Å². The highest BCUT2D eigenvalue weighted by molar-refractivity contribution is 7.45. The van der Waals surface area contributed by atoms with E-state index < -0.39 is 7.82 Å². The summed E-state index contributed by atoms with van der Waals surface area (Å²) in [7, 11) is -2.91. The van der Waals surface area contributed by atoms with Gasteiger partial charge in [0.15, 0.2) is 0 Å². The SMILES string of the molecule is C=Cc1cccc(C(OC)=C(COCC(C)(C)C)C(C)(C)C)c1.O=P(O)(O)O. The summed E-state index contributed by atoms with van der Waals surface area (Å²) in [6.07, 6.45) is 1.85. The smallest absolute Gasteiger partial charge is 0.466 e. The fourth-order valence-electron chi connectivity index (χ4n) is 2.30. The Morgan fingerprint density at radius 1 is 1.14 bits per heavy atom. The van der Waals surface area contributed by atoms with Crippen LogP contribution in [-0.2, 0) is 14.0 Å². The molecule has 160 valence electrons. The van der Waals surface area contributed by atoms with Crippen LogP contribution < -0.4 is 0 Å². The second-order valence-electron chi connectivity index (χ2n) is 8.66. The Balaban J connectivity index is 0.00000129. The number of hydrogen-bond donors (Lipinski definition) is 3. The van der Waals surface area contributed by atoms with Crippen LogP contribution in [0.3, 0.4) is 0 Å². The van der Waals surface area contributed by atoms with E-state index in [2.05, 4.69) is 60.3 Å². The Morgan fingerprint density at radius 3 is 2.07 bits per heavy atom. The summed E-state index contributed by atoms with van der Waals surface area (Å²) >= 11 is 0. The predicted octanol–water partition coefficient (Wildman–Crippen LogP) is 4.87. The van der Waals surface area contributed by atoms with E-state index >= 15 is 0 Å². The van der Waals surface area contributed by atoms with E-state index in [1.165, 1.54) is 5.57 Å². The standard InChI is InChI=1S/C21H32O2.H3O4P/c1-9-16-11-10-12-17(13-16)19(22-8)18(21(5,6)7)14-23-15-20(2,3)4;1-5(2,3)4/h9-13H,1,14-15H2,2-8H3;(H3,1,2,3,4). The molecule has 1 aromatic rings. The van der Waals surface area contributed by atoms with Crippen molar-refractivity contribution in [3.8, 4) is 0 Å². The van der Waals surface area contributed by atoms with Crippen LogP contribution in [0.2, 0.25) is 0 Å². The van der Waals surface area contributed by atoms with E-state index in [-0.39, 0.29) is 10.8 Å². The van der Waals surface area contributed by atoms with E-state index in [0.29, 0.717) is 6.61 Å². The fourth-order valence-corrected chi connectivity index (χ4v) is 2.30. The first-order chi connectivity index (χ1) is 12.6. The van der Waals surface area contributed by atoms with Gasteiger partial charge in [-0.3, -0.25) is 0 Å². The first kappa shape index (κ1) is 26.6. The van der Waals surface area contributed by atoms with Crippen molar-refractivity contribution < 1.29 is 28.7 Å². The molecule has 0 amide bonds. The molecule has 0 aliphatic rings. The van der Waals surface area contributed by atoms with Crippen LogP contribution in [0.1, 0.15) is 52.7 Å². The minimum absolute atomic E-state index is 0.0343. The molecule has 0 aliphatic heterocycles.